The summed E-state index contributed by atoms with van der Waals surface area (Å²) in [7, 11) is 3.20. The lowest BCUT2D eigenvalue weighted by molar-refractivity contribution is -0.136. The standard InChI is InChI=1S/C35H38ClNO5.ClH/c1-25(19-20-42-30-16-10-11-26(21-30)22-33(38)39)37(23-29-17-18-32(40-2)35(41-3)34(29)36)24-31(27-12-6-4-7-13-27)28-14-8-5-9-15-28;/h4-18,21,25,31H,19-20,22-24H2,1-3H3,(H,38,39);1H. The first-order chi connectivity index (χ1) is 20.4. The molecule has 4 aromatic rings. The summed E-state index contributed by atoms with van der Waals surface area (Å²) in [5.74, 6) is 1.06. The lowest BCUT2D eigenvalue weighted by Crippen LogP contribution is -2.37. The minimum absolute atomic E-state index is 0. The monoisotopic (exact) mass is 623 g/mol. The minimum atomic E-state index is -0.864. The van der Waals surface area contributed by atoms with Gasteiger partial charge in [0.2, 0.25) is 0 Å². The van der Waals surface area contributed by atoms with Crippen molar-refractivity contribution in [1.29, 1.82) is 0 Å². The Morgan fingerprint density at radius 1 is 0.884 bits per heavy atom. The van der Waals surface area contributed by atoms with E-state index in [-0.39, 0.29) is 30.8 Å². The number of hydrogen-bond donors (Lipinski definition) is 1. The summed E-state index contributed by atoms with van der Waals surface area (Å²) in [4.78, 5) is 13.6. The topological polar surface area (TPSA) is 68.2 Å². The molecule has 8 heteroatoms. The van der Waals surface area contributed by atoms with Crippen LogP contribution in [-0.2, 0) is 17.8 Å². The summed E-state index contributed by atoms with van der Waals surface area (Å²) in [6, 6.07) is 32.4. The van der Waals surface area contributed by atoms with E-state index in [1.807, 2.05) is 36.4 Å². The van der Waals surface area contributed by atoms with Gasteiger partial charge in [-0.1, -0.05) is 90.5 Å². The highest BCUT2D eigenvalue weighted by Gasteiger charge is 2.24. The van der Waals surface area contributed by atoms with Crippen molar-refractivity contribution in [2.45, 2.75) is 38.3 Å². The SMILES string of the molecule is COc1ccc(CN(CC(c2ccccc2)c2ccccc2)C(C)CCOc2cccc(CC(=O)O)c2)c(Cl)c1OC.Cl. The first-order valence-electron chi connectivity index (χ1n) is 14.1. The zero-order valence-corrected chi connectivity index (χ0v) is 26.3. The number of methoxy groups -OCH3 is 2. The van der Waals surface area contributed by atoms with Gasteiger partial charge in [0.1, 0.15) is 5.75 Å². The quantitative estimate of drug-likeness (QED) is 0.145. The Bertz CT molecular complexity index is 1400. The first kappa shape index (κ1) is 33.8. The fourth-order valence-corrected chi connectivity index (χ4v) is 5.42. The second-order valence-electron chi connectivity index (χ2n) is 10.3. The van der Waals surface area contributed by atoms with Gasteiger partial charge in [-0.15, -0.1) is 12.4 Å². The molecule has 0 aliphatic heterocycles. The maximum atomic E-state index is 11.1. The van der Waals surface area contributed by atoms with E-state index in [4.69, 9.17) is 30.9 Å². The summed E-state index contributed by atoms with van der Waals surface area (Å²) >= 11 is 6.85. The molecule has 4 aromatic carbocycles. The van der Waals surface area contributed by atoms with E-state index >= 15 is 0 Å². The third-order valence-electron chi connectivity index (χ3n) is 7.44. The molecule has 0 aliphatic carbocycles. The van der Waals surface area contributed by atoms with E-state index in [2.05, 4.69) is 60.4 Å². The molecule has 0 bridgehead atoms. The molecule has 0 saturated carbocycles. The van der Waals surface area contributed by atoms with Gasteiger partial charge in [0.25, 0.3) is 0 Å². The van der Waals surface area contributed by atoms with Crippen LogP contribution >= 0.6 is 24.0 Å². The van der Waals surface area contributed by atoms with Crippen LogP contribution in [0.4, 0.5) is 0 Å². The van der Waals surface area contributed by atoms with Crippen LogP contribution in [-0.4, -0.2) is 49.4 Å². The van der Waals surface area contributed by atoms with Crippen molar-refractivity contribution in [2.75, 3.05) is 27.4 Å². The molecule has 0 heterocycles. The number of carboxylic acid groups (broad SMARTS) is 1. The Morgan fingerprint density at radius 3 is 2.12 bits per heavy atom. The van der Waals surface area contributed by atoms with Crippen molar-refractivity contribution < 1.29 is 24.1 Å². The summed E-state index contributed by atoms with van der Waals surface area (Å²) in [6.07, 6.45) is 0.720. The minimum Gasteiger partial charge on any atom is -0.494 e. The molecule has 1 unspecified atom stereocenters. The Labute approximate surface area is 265 Å². The van der Waals surface area contributed by atoms with E-state index in [0.29, 0.717) is 41.0 Å². The number of nitrogens with zero attached hydrogens (tertiary/aromatic N) is 1. The van der Waals surface area contributed by atoms with E-state index < -0.39 is 5.97 Å². The van der Waals surface area contributed by atoms with Crippen molar-refractivity contribution in [2.24, 2.45) is 0 Å². The van der Waals surface area contributed by atoms with Crippen LogP contribution in [0.5, 0.6) is 17.2 Å². The van der Waals surface area contributed by atoms with E-state index in [0.717, 1.165) is 18.5 Å². The van der Waals surface area contributed by atoms with Crippen molar-refractivity contribution in [3.8, 4) is 17.2 Å². The number of benzene rings is 4. The summed E-state index contributed by atoms with van der Waals surface area (Å²) in [6.45, 7) is 4.04. The highest BCUT2D eigenvalue weighted by Crippen LogP contribution is 2.38. The summed E-state index contributed by atoms with van der Waals surface area (Å²) in [5, 5.41) is 9.68. The highest BCUT2D eigenvalue weighted by atomic mass is 35.5. The van der Waals surface area contributed by atoms with Gasteiger partial charge in [-0.05, 0) is 53.8 Å². The molecule has 0 spiro atoms. The van der Waals surface area contributed by atoms with Crippen molar-refractivity contribution in [3.63, 3.8) is 0 Å². The third-order valence-corrected chi connectivity index (χ3v) is 7.86. The molecule has 4 rings (SSSR count). The fourth-order valence-electron chi connectivity index (χ4n) is 5.13. The number of carboxylic acids is 1. The van der Waals surface area contributed by atoms with Crippen LogP contribution in [0.1, 0.15) is 41.5 Å². The molecule has 1 N–H and O–H groups in total. The van der Waals surface area contributed by atoms with Gasteiger partial charge in [0, 0.05) is 25.0 Å². The van der Waals surface area contributed by atoms with Crippen LogP contribution in [0.2, 0.25) is 5.02 Å². The smallest absolute Gasteiger partial charge is 0.307 e. The van der Waals surface area contributed by atoms with Crippen LogP contribution in [0, 0.1) is 0 Å². The second kappa shape index (κ2) is 16.8. The Balaban J connectivity index is 0.00000506. The van der Waals surface area contributed by atoms with Crippen LogP contribution < -0.4 is 14.2 Å². The molecule has 0 fully saturated rings. The van der Waals surface area contributed by atoms with Gasteiger partial charge in [-0.2, -0.15) is 0 Å². The summed E-state index contributed by atoms with van der Waals surface area (Å²) < 4.78 is 17.1. The van der Waals surface area contributed by atoms with E-state index in [9.17, 15) is 4.79 Å². The maximum absolute atomic E-state index is 11.1. The highest BCUT2D eigenvalue weighted by molar-refractivity contribution is 6.33. The number of aliphatic carboxylic acids is 1. The Kier molecular flexibility index (Phi) is 13.2. The lowest BCUT2D eigenvalue weighted by Gasteiger charge is -2.33. The molecule has 228 valence electrons. The third kappa shape index (κ3) is 9.39. The number of ether oxygens (including phenoxy) is 3. The van der Waals surface area contributed by atoms with Crippen LogP contribution in [0.25, 0.3) is 0 Å². The van der Waals surface area contributed by atoms with Gasteiger partial charge in [0.15, 0.2) is 11.5 Å². The van der Waals surface area contributed by atoms with Gasteiger partial charge in [-0.25, -0.2) is 0 Å². The summed E-state index contributed by atoms with van der Waals surface area (Å²) in [5.41, 5.74) is 4.14. The fraction of sp³-hybridized carbons (Fsp3) is 0.286. The van der Waals surface area contributed by atoms with Crippen molar-refractivity contribution >= 4 is 30.0 Å². The number of halogens is 2. The molecule has 0 radical (unpaired) electrons. The number of hydrogen-bond acceptors (Lipinski definition) is 5. The first-order valence-corrected chi connectivity index (χ1v) is 14.4. The average Bonchev–Trinajstić information content (AvgIpc) is 3.00. The van der Waals surface area contributed by atoms with Crippen LogP contribution in [0.15, 0.2) is 97.1 Å². The molecular formula is C35H39Cl2NO5. The van der Waals surface area contributed by atoms with E-state index in [1.165, 1.54) is 11.1 Å². The maximum Gasteiger partial charge on any atom is 0.307 e. The molecule has 43 heavy (non-hydrogen) atoms. The van der Waals surface area contributed by atoms with Gasteiger partial charge in [0.05, 0.1) is 32.3 Å². The van der Waals surface area contributed by atoms with E-state index in [1.54, 1.807) is 26.4 Å². The number of carbonyl (C=O) groups is 1. The molecular weight excluding hydrogens is 585 g/mol. The zero-order valence-electron chi connectivity index (χ0n) is 24.7. The predicted octanol–water partition coefficient (Wildman–Crippen LogP) is 7.90. The number of rotatable bonds is 15. The molecule has 0 amide bonds. The largest absolute Gasteiger partial charge is 0.494 e. The molecule has 0 saturated heterocycles. The normalized spacial score (nSPS) is 11.6. The molecule has 0 aromatic heterocycles. The zero-order chi connectivity index (χ0) is 29.9. The predicted molar refractivity (Wildman–Crippen MR) is 174 cm³/mol. The van der Waals surface area contributed by atoms with Crippen molar-refractivity contribution in [3.05, 3.63) is 124 Å². The second-order valence-corrected chi connectivity index (χ2v) is 10.7. The lowest BCUT2D eigenvalue weighted by atomic mass is 9.90. The molecule has 1 atom stereocenters. The van der Waals surface area contributed by atoms with Crippen LogP contribution in [0.3, 0.4) is 0 Å². The van der Waals surface area contributed by atoms with Gasteiger partial charge < -0.3 is 19.3 Å². The van der Waals surface area contributed by atoms with Crippen molar-refractivity contribution in [1.82, 2.24) is 4.90 Å². The van der Waals surface area contributed by atoms with Gasteiger partial charge >= 0.3 is 5.97 Å². The van der Waals surface area contributed by atoms with Gasteiger partial charge in [-0.3, -0.25) is 9.69 Å². The molecule has 6 nitrogen and oxygen atoms in total. The Morgan fingerprint density at radius 2 is 1.53 bits per heavy atom. The average molecular weight is 625 g/mol. The Hall–Kier alpha value is -3.71. The molecule has 0 aliphatic rings.